The lowest BCUT2D eigenvalue weighted by Crippen LogP contribution is -2.08. The zero-order valence-corrected chi connectivity index (χ0v) is 8.30. The summed E-state index contributed by atoms with van der Waals surface area (Å²) in [7, 11) is 1.64. The van der Waals surface area contributed by atoms with Crippen LogP contribution in [0.5, 0.6) is 0 Å². The first kappa shape index (κ1) is 10.7. The fraction of sp³-hybridized carbons (Fsp3) is 0.556. The first-order valence-electron chi connectivity index (χ1n) is 4.41. The molecular formula is C9H14N2O3. The van der Waals surface area contributed by atoms with E-state index in [9.17, 15) is 4.79 Å². The monoisotopic (exact) mass is 198 g/mol. The van der Waals surface area contributed by atoms with Gasteiger partial charge in [0, 0.05) is 19.9 Å². The smallest absolute Gasteiger partial charge is 0.338 e. The van der Waals surface area contributed by atoms with Gasteiger partial charge >= 0.3 is 5.97 Å². The molecule has 0 aliphatic carbocycles. The molecule has 0 radical (unpaired) electrons. The van der Waals surface area contributed by atoms with Crippen LogP contribution in [0.4, 0.5) is 0 Å². The summed E-state index contributed by atoms with van der Waals surface area (Å²) in [5, 5.41) is 12.6. The molecule has 14 heavy (non-hydrogen) atoms. The van der Waals surface area contributed by atoms with E-state index in [1.54, 1.807) is 11.8 Å². The van der Waals surface area contributed by atoms with Gasteiger partial charge in [-0.15, -0.1) is 0 Å². The minimum Gasteiger partial charge on any atom is -0.478 e. The van der Waals surface area contributed by atoms with Crippen molar-refractivity contribution < 1.29 is 14.6 Å². The van der Waals surface area contributed by atoms with Gasteiger partial charge in [0.05, 0.1) is 17.8 Å². The van der Waals surface area contributed by atoms with Crippen molar-refractivity contribution >= 4 is 5.97 Å². The molecule has 1 atom stereocenters. The Kier molecular flexibility index (Phi) is 3.64. The maximum absolute atomic E-state index is 10.6. The number of hydrogen-bond donors (Lipinski definition) is 1. The molecule has 1 heterocycles. The summed E-state index contributed by atoms with van der Waals surface area (Å²) < 4.78 is 6.57. The highest BCUT2D eigenvalue weighted by Gasteiger charge is 2.09. The molecule has 1 aromatic heterocycles. The van der Waals surface area contributed by atoms with E-state index in [2.05, 4.69) is 5.10 Å². The van der Waals surface area contributed by atoms with Crippen molar-refractivity contribution in [3.8, 4) is 0 Å². The quantitative estimate of drug-likeness (QED) is 0.771. The third-order valence-electron chi connectivity index (χ3n) is 2.04. The number of aromatic nitrogens is 2. The molecule has 5 nitrogen and oxygen atoms in total. The van der Waals surface area contributed by atoms with Crippen LogP contribution in [0.2, 0.25) is 0 Å². The van der Waals surface area contributed by atoms with Crippen molar-refractivity contribution in [3.05, 3.63) is 18.0 Å². The Balaban J connectivity index is 2.61. The largest absolute Gasteiger partial charge is 0.478 e. The first-order chi connectivity index (χ1) is 6.65. The van der Waals surface area contributed by atoms with Gasteiger partial charge in [-0.25, -0.2) is 4.79 Å². The topological polar surface area (TPSA) is 64.3 Å². The summed E-state index contributed by atoms with van der Waals surface area (Å²) in [6.45, 7) is 2.61. The van der Waals surface area contributed by atoms with Gasteiger partial charge in [0.1, 0.15) is 0 Å². The van der Waals surface area contributed by atoms with Crippen LogP contribution in [-0.2, 0) is 4.74 Å². The van der Waals surface area contributed by atoms with Crippen LogP contribution < -0.4 is 0 Å². The van der Waals surface area contributed by atoms with E-state index in [1.165, 1.54) is 12.4 Å². The Bertz CT molecular complexity index is 309. The third-order valence-corrected chi connectivity index (χ3v) is 2.04. The lowest BCUT2D eigenvalue weighted by molar-refractivity contribution is 0.0696. The van der Waals surface area contributed by atoms with Gasteiger partial charge in [-0.05, 0) is 13.3 Å². The number of rotatable bonds is 5. The van der Waals surface area contributed by atoms with Crippen molar-refractivity contribution in [2.24, 2.45) is 0 Å². The average molecular weight is 198 g/mol. The Hall–Kier alpha value is -1.36. The van der Waals surface area contributed by atoms with Gasteiger partial charge in [-0.2, -0.15) is 5.10 Å². The molecule has 0 saturated carbocycles. The molecule has 0 fully saturated rings. The van der Waals surface area contributed by atoms with E-state index >= 15 is 0 Å². The molecule has 1 N–H and O–H groups in total. The Morgan fingerprint density at radius 1 is 1.79 bits per heavy atom. The van der Waals surface area contributed by atoms with Crippen molar-refractivity contribution in [2.45, 2.75) is 19.4 Å². The molecule has 0 amide bonds. The van der Waals surface area contributed by atoms with Gasteiger partial charge in [0.15, 0.2) is 0 Å². The second-order valence-electron chi connectivity index (χ2n) is 3.14. The number of nitrogens with zero attached hydrogens (tertiary/aromatic N) is 2. The van der Waals surface area contributed by atoms with Gasteiger partial charge in [0.2, 0.25) is 0 Å². The number of methoxy groups -OCH3 is 1. The maximum atomic E-state index is 10.6. The molecule has 0 saturated heterocycles. The fourth-order valence-corrected chi connectivity index (χ4v) is 1.11. The van der Waals surface area contributed by atoms with E-state index < -0.39 is 5.97 Å². The fourth-order valence-electron chi connectivity index (χ4n) is 1.11. The summed E-state index contributed by atoms with van der Waals surface area (Å²) in [4.78, 5) is 10.6. The molecule has 0 aromatic carbocycles. The van der Waals surface area contributed by atoms with Crippen molar-refractivity contribution in [3.63, 3.8) is 0 Å². The predicted octanol–water partition coefficient (Wildman–Crippen LogP) is 1.18. The van der Waals surface area contributed by atoms with Crippen LogP contribution >= 0.6 is 0 Å². The van der Waals surface area contributed by atoms with Crippen LogP contribution in [0.3, 0.4) is 0 Å². The summed E-state index contributed by atoms with van der Waals surface area (Å²) in [5.41, 5.74) is 0.217. The highest BCUT2D eigenvalue weighted by molar-refractivity contribution is 5.86. The standard InChI is InChI=1S/C9H14N2O3/c1-7(3-4-14-2)11-6-8(5-10-11)9(12)13/h5-7H,3-4H2,1-2H3,(H,12,13). The average Bonchev–Trinajstić information content (AvgIpc) is 2.62. The van der Waals surface area contributed by atoms with E-state index in [0.29, 0.717) is 6.61 Å². The SMILES string of the molecule is COCCC(C)n1cc(C(=O)O)cn1. The van der Waals surface area contributed by atoms with Crippen molar-refractivity contribution in [2.75, 3.05) is 13.7 Å². The molecule has 5 heteroatoms. The number of ether oxygens (including phenoxy) is 1. The van der Waals surface area contributed by atoms with Crippen molar-refractivity contribution in [1.29, 1.82) is 0 Å². The molecule has 0 spiro atoms. The Morgan fingerprint density at radius 2 is 2.50 bits per heavy atom. The molecular weight excluding hydrogens is 184 g/mol. The van der Waals surface area contributed by atoms with Gasteiger partial charge < -0.3 is 9.84 Å². The molecule has 0 aliphatic heterocycles. The lowest BCUT2D eigenvalue weighted by atomic mass is 10.2. The van der Waals surface area contributed by atoms with Crippen LogP contribution in [0.15, 0.2) is 12.4 Å². The van der Waals surface area contributed by atoms with Crippen LogP contribution in [0, 0.1) is 0 Å². The van der Waals surface area contributed by atoms with E-state index in [0.717, 1.165) is 6.42 Å². The molecule has 0 aliphatic rings. The zero-order valence-electron chi connectivity index (χ0n) is 8.30. The third kappa shape index (κ3) is 2.56. The maximum Gasteiger partial charge on any atom is 0.338 e. The molecule has 1 aromatic rings. The summed E-state index contributed by atoms with van der Waals surface area (Å²) in [5.74, 6) is -0.949. The number of carboxylic acids is 1. The Labute approximate surface area is 82.3 Å². The molecule has 78 valence electrons. The van der Waals surface area contributed by atoms with Crippen LogP contribution in [0.1, 0.15) is 29.7 Å². The minimum atomic E-state index is -0.949. The number of aromatic carboxylic acids is 1. The second-order valence-corrected chi connectivity index (χ2v) is 3.14. The van der Waals surface area contributed by atoms with E-state index in [-0.39, 0.29) is 11.6 Å². The van der Waals surface area contributed by atoms with Gasteiger partial charge in [-0.1, -0.05) is 0 Å². The number of carbonyl (C=O) groups is 1. The zero-order chi connectivity index (χ0) is 10.6. The number of carboxylic acid groups (broad SMARTS) is 1. The van der Waals surface area contributed by atoms with Crippen LogP contribution in [0.25, 0.3) is 0 Å². The molecule has 1 rings (SSSR count). The molecule has 1 unspecified atom stereocenters. The predicted molar refractivity (Wildman–Crippen MR) is 50.4 cm³/mol. The second kappa shape index (κ2) is 4.76. The van der Waals surface area contributed by atoms with Crippen molar-refractivity contribution in [1.82, 2.24) is 9.78 Å². The van der Waals surface area contributed by atoms with E-state index in [1.807, 2.05) is 6.92 Å². The summed E-state index contributed by atoms with van der Waals surface area (Å²) in [6.07, 6.45) is 3.70. The molecule has 0 bridgehead atoms. The number of hydrogen-bond acceptors (Lipinski definition) is 3. The minimum absolute atomic E-state index is 0.156. The van der Waals surface area contributed by atoms with Crippen LogP contribution in [-0.4, -0.2) is 34.6 Å². The normalized spacial score (nSPS) is 12.7. The first-order valence-corrected chi connectivity index (χ1v) is 4.41. The summed E-state index contributed by atoms with van der Waals surface area (Å²) in [6, 6.07) is 0.156. The lowest BCUT2D eigenvalue weighted by Gasteiger charge is -2.10. The van der Waals surface area contributed by atoms with E-state index in [4.69, 9.17) is 9.84 Å². The van der Waals surface area contributed by atoms with Gasteiger partial charge in [-0.3, -0.25) is 4.68 Å². The summed E-state index contributed by atoms with van der Waals surface area (Å²) >= 11 is 0. The highest BCUT2D eigenvalue weighted by Crippen LogP contribution is 2.10. The van der Waals surface area contributed by atoms with Gasteiger partial charge in [0.25, 0.3) is 0 Å². The highest BCUT2D eigenvalue weighted by atomic mass is 16.5. The Morgan fingerprint density at radius 3 is 3.00 bits per heavy atom.